The Kier molecular flexibility index (Phi) is 5.17. The molecule has 2 rings (SSSR count). The van der Waals surface area contributed by atoms with Gasteiger partial charge in [0.25, 0.3) is 0 Å². The molecule has 3 nitrogen and oxygen atoms in total. The van der Waals surface area contributed by atoms with Crippen molar-refractivity contribution in [2.45, 2.75) is 39.0 Å². The van der Waals surface area contributed by atoms with Gasteiger partial charge in [-0.25, -0.2) is 0 Å². The van der Waals surface area contributed by atoms with Gasteiger partial charge in [0.05, 0.1) is 6.10 Å². The Morgan fingerprint density at radius 1 is 1.25 bits per heavy atom. The number of para-hydroxylation sites is 1. The fourth-order valence-electron chi connectivity index (χ4n) is 2.16. The number of thiophene rings is 1. The minimum Gasteiger partial charge on any atom is -0.507 e. The zero-order valence-electron chi connectivity index (χ0n) is 11.8. The average molecular weight is 291 g/mol. The van der Waals surface area contributed by atoms with Crippen molar-refractivity contribution < 1.29 is 10.2 Å². The molecule has 108 valence electrons. The van der Waals surface area contributed by atoms with Crippen molar-refractivity contribution in [2.24, 2.45) is 0 Å². The summed E-state index contributed by atoms with van der Waals surface area (Å²) in [6, 6.07) is 9.82. The minimum absolute atomic E-state index is 0.173. The molecule has 0 saturated heterocycles. The summed E-state index contributed by atoms with van der Waals surface area (Å²) in [5, 5.41) is 25.4. The lowest BCUT2D eigenvalue weighted by Crippen LogP contribution is -2.27. The van der Waals surface area contributed by atoms with Gasteiger partial charge in [-0.2, -0.15) is 0 Å². The number of nitrogens with one attached hydrogen (secondary N) is 1. The van der Waals surface area contributed by atoms with Gasteiger partial charge in [0.2, 0.25) is 0 Å². The smallest absolute Gasteiger partial charge is 0.122 e. The van der Waals surface area contributed by atoms with Crippen molar-refractivity contribution in [3.05, 3.63) is 51.7 Å². The number of benzene rings is 1. The zero-order valence-corrected chi connectivity index (χ0v) is 12.7. The molecule has 0 aliphatic carbocycles. The Labute approximate surface area is 123 Å². The summed E-state index contributed by atoms with van der Waals surface area (Å²) in [5.41, 5.74) is 1.78. The van der Waals surface area contributed by atoms with E-state index in [2.05, 4.69) is 5.32 Å². The monoisotopic (exact) mass is 291 g/mol. The van der Waals surface area contributed by atoms with Crippen LogP contribution in [0.25, 0.3) is 0 Å². The standard InChI is InChI=1S/C16H21NO2S/c1-11-5-3-6-13(16(11)19)10-17-12(2)9-14(18)15-7-4-8-20-15/h3-8,12,14,17-19H,9-10H2,1-2H3. The van der Waals surface area contributed by atoms with Gasteiger partial charge in [0, 0.05) is 23.0 Å². The fraction of sp³-hybridized carbons (Fsp3) is 0.375. The molecule has 4 heteroatoms. The largest absolute Gasteiger partial charge is 0.507 e. The lowest BCUT2D eigenvalue weighted by Gasteiger charge is -2.18. The molecule has 1 aromatic carbocycles. The van der Waals surface area contributed by atoms with Crippen LogP contribution in [0, 0.1) is 6.92 Å². The van der Waals surface area contributed by atoms with Gasteiger partial charge < -0.3 is 15.5 Å². The summed E-state index contributed by atoms with van der Waals surface area (Å²) < 4.78 is 0. The predicted octanol–water partition coefficient (Wildman–Crippen LogP) is 3.36. The van der Waals surface area contributed by atoms with Crippen molar-refractivity contribution in [1.29, 1.82) is 0 Å². The molecule has 3 N–H and O–H groups in total. The summed E-state index contributed by atoms with van der Waals surface area (Å²) >= 11 is 1.57. The van der Waals surface area contributed by atoms with Gasteiger partial charge in [0.15, 0.2) is 0 Å². The second-order valence-corrected chi connectivity index (χ2v) is 6.11. The third kappa shape index (κ3) is 3.82. The second kappa shape index (κ2) is 6.88. The quantitative estimate of drug-likeness (QED) is 0.765. The summed E-state index contributed by atoms with van der Waals surface area (Å²) in [6.45, 7) is 4.54. The minimum atomic E-state index is -0.427. The van der Waals surface area contributed by atoms with Gasteiger partial charge >= 0.3 is 0 Å². The Morgan fingerprint density at radius 2 is 2.05 bits per heavy atom. The highest BCUT2D eigenvalue weighted by atomic mass is 32.1. The van der Waals surface area contributed by atoms with E-state index >= 15 is 0 Å². The number of rotatable bonds is 6. The Bertz CT molecular complexity index is 539. The Hall–Kier alpha value is -1.36. The molecule has 0 fully saturated rings. The maximum absolute atomic E-state index is 10.1. The van der Waals surface area contributed by atoms with E-state index in [1.54, 1.807) is 11.3 Å². The molecule has 0 bridgehead atoms. The van der Waals surface area contributed by atoms with Crippen molar-refractivity contribution in [3.63, 3.8) is 0 Å². The van der Waals surface area contributed by atoms with E-state index in [4.69, 9.17) is 0 Å². The lowest BCUT2D eigenvalue weighted by molar-refractivity contribution is 0.157. The summed E-state index contributed by atoms with van der Waals surface area (Å²) in [6.07, 6.45) is 0.233. The zero-order chi connectivity index (χ0) is 14.5. The number of aryl methyl sites for hydroxylation is 1. The van der Waals surface area contributed by atoms with Gasteiger partial charge in [-0.15, -0.1) is 11.3 Å². The van der Waals surface area contributed by atoms with Crippen LogP contribution in [0.3, 0.4) is 0 Å². The summed E-state index contributed by atoms with van der Waals surface area (Å²) in [4.78, 5) is 0.997. The van der Waals surface area contributed by atoms with E-state index in [1.165, 1.54) is 0 Å². The Balaban J connectivity index is 1.86. The number of hydrogen-bond acceptors (Lipinski definition) is 4. The Morgan fingerprint density at radius 3 is 2.75 bits per heavy atom. The number of aliphatic hydroxyl groups excluding tert-OH is 1. The van der Waals surface area contributed by atoms with Gasteiger partial charge in [-0.1, -0.05) is 24.3 Å². The molecule has 2 aromatic rings. The normalized spacial score (nSPS) is 14.2. The van der Waals surface area contributed by atoms with Crippen molar-refractivity contribution in [1.82, 2.24) is 5.32 Å². The highest BCUT2D eigenvalue weighted by Crippen LogP contribution is 2.24. The molecule has 0 saturated carbocycles. The first-order chi connectivity index (χ1) is 9.58. The van der Waals surface area contributed by atoms with E-state index in [1.807, 2.05) is 49.6 Å². The van der Waals surface area contributed by atoms with Crippen LogP contribution in [0.4, 0.5) is 0 Å². The molecule has 20 heavy (non-hydrogen) atoms. The first kappa shape index (κ1) is 15.0. The summed E-state index contributed by atoms with van der Waals surface area (Å²) in [5.74, 6) is 0.353. The van der Waals surface area contributed by atoms with Crippen LogP contribution < -0.4 is 5.32 Å². The molecule has 1 aromatic heterocycles. The fourth-order valence-corrected chi connectivity index (χ4v) is 2.89. The molecule has 0 radical (unpaired) electrons. The molecule has 0 spiro atoms. The maximum Gasteiger partial charge on any atom is 0.122 e. The molecule has 0 aliphatic heterocycles. The van der Waals surface area contributed by atoms with Gasteiger partial charge in [-0.05, 0) is 37.3 Å². The number of phenolic OH excluding ortho intramolecular Hbond substituents is 1. The van der Waals surface area contributed by atoms with Gasteiger partial charge in [-0.3, -0.25) is 0 Å². The SMILES string of the molecule is Cc1cccc(CNC(C)CC(O)c2cccs2)c1O. The molecule has 0 amide bonds. The van der Waals surface area contributed by atoms with Crippen LogP contribution in [0.2, 0.25) is 0 Å². The molecule has 2 unspecified atom stereocenters. The van der Waals surface area contributed by atoms with E-state index in [9.17, 15) is 10.2 Å². The third-order valence-corrected chi connectivity index (χ3v) is 4.38. The topological polar surface area (TPSA) is 52.5 Å². The molecular weight excluding hydrogens is 270 g/mol. The first-order valence-corrected chi connectivity index (χ1v) is 7.68. The highest BCUT2D eigenvalue weighted by Gasteiger charge is 2.13. The van der Waals surface area contributed by atoms with Crippen LogP contribution in [-0.4, -0.2) is 16.3 Å². The van der Waals surface area contributed by atoms with Gasteiger partial charge in [0.1, 0.15) is 5.75 Å². The predicted molar refractivity (Wildman–Crippen MR) is 83.0 cm³/mol. The molecule has 2 atom stereocenters. The average Bonchev–Trinajstić information content (AvgIpc) is 2.94. The number of aromatic hydroxyl groups is 1. The van der Waals surface area contributed by atoms with Crippen LogP contribution in [0.1, 0.15) is 35.5 Å². The number of hydrogen-bond donors (Lipinski definition) is 3. The third-order valence-electron chi connectivity index (χ3n) is 3.41. The van der Waals surface area contributed by atoms with Crippen molar-refractivity contribution in [3.8, 4) is 5.75 Å². The number of phenols is 1. The van der Waals surface area contributed by atoms with Crippen molar-refractivity contribution in [2.75, 3.05) is 0 Å². The highest BCUT2D eigenvalue weighted by molar-refractivity contribution is 7.10. The second-order valence-electron chi connectivity index (χ2n) is 5.13. The van der Waals surface area contributed by atoms with Crippen LogP contribution in [0.5, 0.6) is 5.75 Å². The van der Waals surface area contributed by atoms with E-state index in [0.717, 1.165) is 16.0 Å². The van der Waals surface area contributed by atoms with Crippen LogP contribution in [-0.2, 0) is 6.54 Å². The van der Waals surface area contributed by atoms with E-state index < -0.39 is 6.10 Å². The maximum atomic E-state index is 10.1. The number of aliphatic hydroxyl groups is 1. The summed E-state index contributed by atoms with van der Waals surface area (Å²) in [7, 11) is 0. The molecular formula is C16H21NO2S. The molecule has 1 heterocycles. The van der Waals surface area contributed by atoms with Crippen molar-refractivity contribution >= 4 is 11.3 Å². The van der Waals surface area contributed by atoms with Crippen LogP contribution in [0.15, 0.2) is 35.7 Å². The van der Waals surface area contributed by atoms with Crippen LogP contribution >= 0.6 is 11.3 Å². The first-order valence-electron chi connectivity index (χ1n) is 6.80. The lowest BCUT2D eigenvalue weighted by atomic mass is 10.1. The van der Waals surface area contributed by atoms with E-state index in [0.29, 0.717) is 18.7 Å². The van der Waals surface area contributed by atoms with E-state index in [-0.39, 0.29) is 6.04 Å². The molecule has 0 aliphatic rings.